The highest BCUT2D eigenvalue weighted by Gasteiger charge is 2.33. The fraction of sp³-hybridized carbons (Fsp3) is 0.211. The van der Waals surface area contributed by atoms with Crippen LogP contribution < -0.4 is 4.90 Å². The predicted molar refractivity (Wildman–Crippen MR) is 92.0 cm³/mol. The minimum absolute atomic E-state index is 0.0210. The zero-order chi connectivity index (χ0) is 15.8. The van der Waals surface area contributed by atoms with Crippen LogP contribution in [0, 0.1) is 6.92 Å². The van der Waals surface area contributed by atoms with Crippen LogP contribution in [0.1, 0.15) is 28.4 Å². The van der Waals surface area contributed by atoms with Crippen molar-refractivity contribution in [3.63, 3.8) is 0 Å². The van der Waals surface area contributed by atoms with Gasteiger partial charge in [0.15, 0.2) is 0 Å². The summed E-state index contributed by atoms with van der Waals surface area (Å²) in [6.07, 6.45) is 2.68. The van der Waals surface area contributed by atoms with Crippen LogP contribution in [-0.2, 0) is 6.42 Å². The van der Waals surface area contributed by atoms with E-state index < -0.39 is 0 Å². The van der Waals surface area contributed by atoms with Gasteiger partial charge >= 0.3 is 0 Å². The topological polar surface area (TPSA) is 29.3 Å². The van der Waals surface area contributed by atoms with E-state index in [1.807, 2.05) is 18.2 Å². The van der Waals surface area contributed by atoms with Gasteiger partial charge in [0.2, 0.25) is 0 Å². The van der Waals surface area contributed by atoms with Gasteiger partial charge in [0, 0.05) is 22.8 Å². The Balaban J connectivity index is 1.89. The van der Waals surface area contributed by atoms with Crippen molar-refractivity contribution in [1.29, 1.82) is 0 Å². The Morgan fingerprint density at radius 1 is 1.13 bits per heavy atom. The lowest BCUT2D eigenvalue weighted by atomic mass is 9.92. The Morgan fingerprint density at radius 3 is 2.74 bits per heavy atom. The molecule has 3 aromatic rings. The van der Waals surface area contributed by atoms with Crippen LogP contribution in [0.2, 0.25) is 5.02 Å². The van der Waals surface area contributed by atoms with Crippen molar-refractivity contribution in [2.45, 2.75) is 19.4 Å². The second kappa shape index (κ2) is 5.74. The van der Waals surface area contributed by atoms with Crippen molar-refractivity contribution in [1.82, 2.24) is 5.16 Å². The molecule has 2 aromatic carbocycles. The van der Waals surface area contributed by atoms with Crippen LogP contribution in [0.25, 0.3) is 0 Å². The molecule has 0 saturated carbocycles. The SMILES string of the molecule is Cc1ccccc1N1CCc2conc2C1c1ccccc1Cl. The van der Waals surface area contributed by atoms with E-state index in [0.29, 0.717) is 0 Å². The van der Waals surface area contributed by atoms with E-state index >= 15 is 0 Å². The summed E-state index contributed by atoms with van der Waals surface area (Å²) in [6.45, 7) is 3.05. The molecule has 4 heteroatoms. The van der Waals surface area contributed by atoms with Crippen LogP contribution in [-0.4, -0.2) is 11.7 Å². The highest BCUT2D eigenvalue weighted by molar-refractivity contribution is 6.31. The molecule has 1 aromatic heterocycles. The lowest BCUT2D eigenvalue weighted by molar-refractivity contribution is 0.408. The summed E-state index contributed by atoms with van der Waals surface area (Å²) in [5, 5.41) is 5.04. The molecule has 0 amide bonds. The Hall–Kier alpha value is -2.26. The molecule has 2 heterocycles. The highest BCUT2D eigenvalue weighted by Crippen LogP contribution is 2.40. The summed E-state index contributed by atoms with van der Waals surface area (Å²) in [6, 6.07) is 16.4. The molecule has 0 spiro atoms. The van der Waals surface area contributed by atoms with Crippen molar-refractivity contribution in [2.75, 3.05) is 11.4 Å². The number of para-hydroxylation sites is 1. The van der Waals surface area contributed by atoms with Gasteiger partial charge in [-0.3, -0.25) is 0 Å². The summed E-state index contributed by atoms with van der Waals surface area (Å²) in [4.78, 5) is 2.38. The molecule has 1 aliphatic heterocycles. The van der Waals surface area contributed by atoms with Crippen molar-refractivity contribution < 1.29 is 4.52 Å². The largest absolute Gasteiger partial charge is 0.364 e. The van der Waals surface area contributed by atoms with Crippen LogP contribution >= 0.6 is 11.6 Å². The molecule has 0 bridgehead atoms. The maximum Gasteiger partial charge on any atom is 0.127 e. The van der Waals surface area contributed by atoms with E-state index in [2.05, 4.69) is 47.3 Å². The number of nitrogens with zero attached hydrogens (tertiary/aromatic N) is 2. The molecule has 23 heavy (non-hydrogen) atoms. The molecular weight excluding hydrogens is 308 g/mol. The number of aryl methyl sites for hydroxylation is 1. The van der Waals surface area contributed by atoms with Gasteiger partial charge in [0.1, 0.15) is 18.0 Å². The number of halogens is 1. The monoisotopic (exact) mass is 324 g/mol. The second-order valence-corrected chi connectivity index (χ2v) is 6.29. The van der Waals surface area contributed by atoms with E-state index in [0.717, 1.165) is 29.2 Å². The van der Waals surface area contributed by atoms with Gasteiger partial charge in [-0.25, -0.2) is 0 Å². The lowest BCUT2D eigenvalue weighted by Gasteiger charge is -2.37. The van der Waals surface area contributed by atoms with Gasteiger partial charge in [-0.1, -0.05) is 53.2 Å². The average Bonchev–Trinajstić information content (AvgIpc) is 3.04. The van der Waals surface area contributed by atoms with E-state index in [1.54, 1.807) is 6.26 Å². The minimum atomic E-state index is -0.0210. The van der Waals surface area contributed by atoms with Gasteiger partial charge in [-0.2, -0.15) is 0 Å². The van der Waals surface area contributed by atoms with Crippen molar-refractivity contribution in [3.05, 3.63) is 82.2 Å². The van der Waals surface area contributed by atoms with E-state index in [9.17, 15) is 0 Å². The molecule has 1 atom stereocenters. The maximum absolute atomic E-state index is 6.50. The lowest BCUT2D eigenvalue weighted by Crippen LogP contribution is -2.36. The van der Waals surface area contributed by atoms with Gasteiger partial charge in [-0.05, 0) is 36.6 Å². The molecule has 4 rings (SSSR count). The zero-order valence-electron chi connectivity index (χ0n) is 12.9. The van der Waals surface area contributed by atoms with Gasteiger partial charge in [0.25, 0.3) is 0 Å². The van der Waals surface area contributed by atoms with E-state index in [4.69, 9.17) is 16.1 Å². The minimum Gasteiger partial charge on any atom is -0.364 e. The number of rotatable bonds is 2. The number of benzene rings is 2. The molecule has 3 nitrogen and oxygen atoms in total. The average molecular weight is 325 g/mol. The van der Waals surface area contributed by atoms with Crippen LogP contribution in [0.3, 0.4) is 0 Å². The number of anilines is 1. The first-order valence-electron chi connectivity index (χ1n) is 7.75. The fourth-order valence-corrected chi connectivity index (χ4v) is 3.59. The summed E-state index contributed by atoms with van der Waals surface area (Å²) in [5.41, 5.74) is 5.65. The molecule has 116 valence electrons. The van der Waals surface area contributed by atoms with Crippen molar-refractivity contribution >= 4 is 17.3 Å². The molecule has 0 N–H and O–H groups in total. The van der Waals surface area contributed by atoms with E-state index in [1.165, 1.54) is 16.8 Å². The van der Waals surface area contributed by atoms with Gasteiger partial charge in [0.05, 0.1) is 0 Å². The quantitative estimate of drug-likeness (QED) is 0.678. The first-order valence-corrected chi connectivity index (χ1v) is 8.13. The molecule has 0 fully saturated rings. The molecular formula is C19H17ClN2O. The Morgan fingerprint density at radius 2 is 1.91 bits per heavy atom. The normalized spacial score (nSPS) is 17.1. The predicted octanol–water partition coefficient (Wildman–Crippen LogP) is 4.79. The van der Waals surface area contributed by atoms with Crippen LogP contribution in [0.5, 0.6) is 0 Å². The first-order chi connectivity index (χ1) is 11.3. The highest BCUT2D eigenvalue weighted by atomic mass is 35.5. The number of aromatic nitrogens is 1. The molecule has 1 unspecified atom stereocenters. The maximum atomic E-state index is 6.50. The van der Waals surface area contributed by atoms with Crippen molar-refractivity contribution in [3.8, 4) is 0 Å². The number of hydrogen-bond donors (Lipinski definition) is 0. The summed E-state index contributed by atoms with van der Waals surface area (Å²) in [7, 11) is 0. The molecule has 0 radical (unpaired) electrons. The van der Waals surface area contributed by atoms with Gasteiger partial charge < -0.3 is 9.42 Å². The fourth-order valence-electron chi connectivity index (χ4n) is 3.35. The summed E-state index contributed by atoms with van der Waals surface area (Å²) < 4.78 is 5.25. The molecule has 1 aliphatic rings. The first kappa shape index (κ1) is 14.3. The number of hydrogen-bond acceptors (Lipinski definition) is 3. The summed E-state index contributed by atoms with van der Waals surface area (Å²) >= 11 is 6.50. The third-order valence-corrected chi connectivity index (χ3v) is 4.84. The molecule has 0 saturated heterocycles. The Labute approximate surface area is 140 Å². The van der Waals surface area contributed by atoms with Crippen LogP contribution in [0.15, 0.2) is 59.3 Å². The standard InChI is InChI=1S/C19H17ClN2O/c1-13-6-2-5-9-17(13)22-11-10-14-12-23-21-18(14)19(22)15-7-3-4-8-16(15)20/h2-9,12,19H,10-11H2,1H3. The summed E-state index contributed by atoms with van der Waals surface area (Å²) in [5.74, 6) is 0. The Bertz CT molecular complexity index is 843. The molecule has 0 aliphatic carbocycles. The van der Waals surface area contributed by atoms with E-state index in [-0.39, 0.29) is 6.04 Å². The van der Waals surface area contributed by atoms with Crippen LogP contribution in [0.4, 0.5) is 5.69 Å². The van der Waals surface area contributed by atoms with Gasteiger partial charge in [-0.15, -0.1) is 0 Å². The van der Waals surface area contributed by atoms with Crippen molar-refractivity contribution in [2.24, 2.45) is 0 Å². The smallest absolute Gasteiger partial charge is 0.127 e. The second-order valence-electron chi connectivity index (χ2n) is 5.88. The number of fused-ring (bicyclic) bond motifs is 1. The zero-order valence-corrected chi connectivity index (χ0v) is 13.6. The Kier molecular flexibility index (Phi) is 3.58. The third kappa shape index (κ3) is 2.41. The third-order valence-electron chi connectivity index (χ3n) is 4.49.